The lowest BCUT2D eigenvalue weighted by atomic mass is 10.0. The zero-order chi connectivity index (χ0) is 33.6. The summed E-state index contributed by atoms with van der Waals surface area (Å²) < 4.78 is 13.1. The molecule has 0 bridgehead atoms. The summed E-state index contributed by atoms with van der Waals surface area (Å²) in [4.78, 5) is 17.4. The van der Waals surface area contributed by atoms with Crippen LogP contribution in [-0.2, 0) is 4.79 Å². The Kier molecular flexibility index (Phi) is 34.8. The second-order valence-corrected chi connectivity index (χ2v) is 11.1. The minimum Gasteiger partial charge on any atom is -0.405 e. The Bertz CT molecular complexity index is 765. The maximum Gasteiger partial charge on any atom is 0.150 e. The van der Waals surface area contributed by atoms with E-state index in [0.29, 0.717) is 23.0 Å². The van der Waals surface area contributed by atoms with Gasteiger partial charge >= 0.3 is 0 Å². The minimum absolute atomic E-state index is 0.302. The largest absolute Gasteiger partial charge is 0.405 e. The number of carbonyl (C=O) groups excluding carboxylic acids is 1. The third-order valence-electron chi connectivity index (χ3n) is 5.93. The van der Waals surface area contributed by atoms with Crippen LogP contribution in [0.25, 0.3) is 0 Å². The zero-order valence-electron chi connectivity index (χ0n) is 29.3. The van der Waals surface area contributed by atoms with Crippen molar-refractivity contribution in [2.45, 2.75) is 113 Å². The quantitative estimate of drug-likeness (QED) is 0.170. The van der Waals surface area contributed by atoms with Crippen LogP contribution >= 0.6 is 0 Å². The van der Waals surface area contributed by atoms with Crippen LogP contribution in [0.15, 0.2) is 48.6 Å². The van der Waals surface area contributed by atoms with Gasteiger partial charge < -0.3 is 20.7 Å². The van der Waals surface area contributed by atoms with Crippen molar-refractivity contribution in [3.63, 3.8) is 0 Å². The summed E-state index contributed by atoms with van der Waals surface area (Å²) in [5.74, 6) is 0.420. The number of anilines is 1. The van der Waals surface area contributed by atoms with Crippen molar-refractivity contribution in [3.8, 4) is 0 Å². The molecule has 1 saturated heterocycles. The summed E-state index contributed by atoms with van der Waals surface area (Å²) in [5, 5.41) is 3.08. The number of carbonyl (C=O) groups is 1. The summed E-state index contributed by atoms with van der Waals surface area (Å²) in [6.07, 6.45) is 10.3. The topological polar surface area (TPSA) is 74.0 Å². The summed E-state index contributed by atoms with van der Waals surface area (Å²) in [6.45, 7) is 35.9. The fraction of sp³-hybridized carbons (Fsp3) is 0.657. The normalized spacial score (nSPS) is 12.9. The zero-order valence-corrected chi connectivity index (χ0v) is 29.3. The first-order chi connectivity index (χ1) is 19.8. The predicted octanol–water partition coefficient (Wildman–Crippen LogP) is 9.11. The molecule has 1 aliphatic heterocycles. The highest BCUT2D eigenvalue weighted by molar-refractivity contribution is 5.68. The highest BCUT2D eigenvalue weighted by atomic mass is 19.1. The lowest BCUT2D eigenvalue weighted by Gasteiger charge is -2.38. The molecule has 1 fully saturated rings. The number of aldehydes is 1. The maximum atomic E-state index is 13.1. The van der Waals surface area contributed by atoms with Gasteiger partial charge in [-0.2, -0.15) is 0 Å². The van der Waals surface area contributed by atoms with Gasteiger partial charge in [0.05, 0.1) is 5.69 Å². The lowest BCUT2D eigenvalue weighted by molar-refractivity contribution is -0.106. The molecule has 0 saturated carbocycles. The van der Waals surface area contributed by atoms with Gasteiger partial charge in [0.2, 0.25) is 0 Å². The van der Waals surface area contributed by atoms with E-state index in [1.807, 2.05) is 26.8 Å². The molecule has 0 spiro atoms. The van der Waals surface area contributed by atoms with Gasteiger partial charge in [-0.15, -0.1) is 6.58 Å². The first-order valence-corrected chi connectivity index (χ1v) is 15.6. The number of nitrogens with zero attached hydrogens (tertiary/aromatic N) is 3. The number of likely N-dealkylation sites (tertiary alicyclic amines) is 1. The summed E-state index contributed by atoms with van der Waals surface area (Å²) in [7, 11) is 2.17. The molecule has 6 nitrogen and oxygen atoms in total. The number of para-hydroxylation sites is 1. The number of hydrogen-bond donors (Lipinski definition) is 2. The molecule has 7 heteroatoms. The summed E-state index contributed by atoms with van der Waals surface area (Å²) in [5.41, 5.74) is 6.02. The molecule has 0 aromatic heterocycles. The molecule has 0 amide bonds. The smallest absolute Gasteiger partial charge is 0.150 e. The van der Waals surface area contributed by atoms with Gasteiger partial charge in [-0.1, -0.05) is 59.8 Å². The second-order valence-electron chi connectivity index (χ2n) is 11.1. The van der Waals surface area contributed by atoms with E-state index in [0.717, 1.165) is 31.6 Å². The number of aliphatic imine (C=N–C) groups is 1. The Balaban J connectivity index is -0.000000230. The van der Waals surface area contributed by atoms with Crippen LogP contribution in [0.2, 0.25) is 0 Å². The molecule has 2 rings (SSSR count). The number of piperidine rings is 1. The van der Waals surface area contributed by atoms with E-state index >= 15 is 0 Å². The number of benzene rings is 1. The van der Waals surface area contributed by atoms with Crippen molar-refractivity contribution in [2.75, 3.05) is 38.5 Å². The number of hydrogen-bond acceptors (Lipinski definition) is 6. The molecule has 3 N–H and O–H groups in total. The molecule has 1 aromatic carbocycles. The van der Waals surface area contributed by atoms with Crippen LogP contribution in [0.1, 0.15) is 101 Å². The highest BCUT2D eigenvalue weighted by Gasteiger charge is 2.22. The van der Waals surface area contributed by atoms with Crippen molar-refractivity contribution in [2.24, 2.45) is 16.6 Å². The van der Waals surface area contributed by atoms with Gasteiger partial charge in [-0.25, -0.2) is 4.39 Å². The summed E-state index contributed by atoms with van der Waals surface area (Å²) in [6, 6.07) is 5.46. The molecular formula is C35H68FN5O. The minimum atomic E-state index is -0.337. The van der Waals surface area contributed by atoms with Crippen LogP contribution in [0.5, 0.6) is 0 Å². The third-order valence-corrected chi connectivity index (χ3v) is 5.93. The van der Waals surface area contributed by atoms with E-state index < -0.39 is 0 Å². The van der Waals surface area contributed by atoms with Crippen molar-refractivity contribution in [3.05, 3.63) is 49.5 Å². The number of nitrogens with one attached hydrogen (secondary N) is 1. The average molecular weight is 594 g/mol. The van der Waals surface area contributed by atoms with Crippen LogP contribution < -0.4 is 11.1 Å². The molecule has 1 aromatic rings. The molecule has 0 aliphatic carbocycles. The van der Waals surface area contributed by atoms with Gasteiger partial charge in [0, 0.05) is 24.7 Å². The van der Waals surface area contributed by atoms with Gasteiger partial charge in [-0.05, 0) is 111 Å². The van der Waals surface area contributed by atoms with Gasteiger partial charge in [0.15, 0.2) is 5.82 Å². The van der Waals surface area contributed by atoms with Crippen molar-refractivity contribution < 1.29 is 9.18 Å². The van der Waals surface area contributed by atoms with Gasteiger partial charge in [-0.3, -0.25) is 9.89 Å². The van der Waals surface area contributed by atoms with E-state index in [2.05, 4.69) is 94.3 Å². The molecular weight excluding hydrogens is 525 g/mol. The monoisotopic (exact) mass is 594 g/mol. The average Bonchev–Trinajstić information content (AvgIpc) is 2.94. The first-order valence-electron chi connectivity index (χ1n) is 15.6. The number of rotatable bonds is 9. The molecule has 1 aliphatic rings. The fourth-order valence-electron chi connectivity index (χ4n) is 3.82. The van der Waals surface area contributed by atoms with Gasteiger partial charge in [0.25, 0.3) is 0 Å². The Morgan fingerprint density at radius 3 is 2.00 bits per heavy atom. The number of halogens is 1. The predicted molar refractivity (Wildman–Crippen MR) is 189 cm³/mol. The molecule has 1 unspecified atom stereocenters. The summed E-state index contributed by atoms with van der Waals surface area (Å²) >= 11 is 0. The van der Waals surface area contributed by atoms with Crippen LogP contribution in [0, 0.1) is 11.7 Å². The SMILES string of the molecule is C=CCC(C)N(C)CC(C)C.C=CN.C=Nc1c(F)cccc1NCCC.CC.CC(C)(C)N1CCCCC1.CC=O. The van der Waals surface area contributed by atoms with Crippen molar-refractivity contribution in [1.29, 1.82) is 0 Å². The van der Waals surface area contributed by atoms with E-state index in [9.17, 15) is 4.39 Å². The first kappa shape index (κ1) is 46.4. The Morgan fingerprint density at radius 2 is 1.64 bits per heavy atom. The van der Waals surface area contributed by atoms with Crippen molar-refractivity contribution in [1.82, 2.24) is 9.80 Å². The standard InChI is InChI=1S/C10H13FN2.C10H21N.C9H19N.C2H5N.C2H4O.C2H6/c1-3-7-13-9-6-4-5-8(11)10(9)12-2;1-6-7-10(4)11(5)8-9(2)3;1-9(2,3)10-7-5-4-6-8-10;2*1-2-3;1-2/h4-6,13H,2-3,7H2,1H3;6,9-10H,1,7-8H2,2-5H3;4-8H2,1-3H3;2H,1,3H2;2H,1H3;1-2H3. The van der Waals surface area contributed by atoms with E-state index in [4.69, 9.17) is 4.79 Å². The lowest BCUT2D eigenvalue weighted by Crippen LogP contribution is -2.44. The molecule has 1 atom stereocenters. The second kappa shape index (κ2) is 31.4. The Labute approximate surface area is 260 Å². The molecule has 42 heavy (non-hydrogen) atoms. The van der Waals surface area contributed by atoms with Gasteiger partial charge in [0.1, 0.15) is 12.0 Å². The molecule has 1 heterocycles. The Morgan fingerprint density at radius 1 is 1.14 bits per heavy atom. The van der Waals surface area contributed by atoms with E-state index in [-0.39, 0.29) is 5.82 Å². The van der Waals surface area contributed by atoms with Crippen LogP contribution in [0.4, 0.5) is 15.8 Å². The van der Waals surface area contributed by atoms with E-state index in [1.165, 1.54) is 58.1 Å². The van der Waals surface area contributed by atoms with E-state index in [1.54, 1.807) is 12.1 Å². The fourth-order valence-corrected chi connectivity index (χ4v) is 3.82. The van der Waals surface area contributed by atoms with Crippen LogP contribution in [0.3, 0.4) is 0 Å². The number of nitrogens with two attached hydrogens (primary N) is 1. The highest BCUT2D eigenvalue weighted by Crippen LogP contribution is 2.27. The Hall–Kier alpha value is -2.51. The van der Waals surface area contributed by atoms with Crippen molar-refractivity contribution >= 4 is 24.4 Å². The molecule has 0 radical (unpaired) electrons. The third kappa shape index (κ3) is 27.6. The molecule has 246 valence electrons. The maximum absolute atomic E-state index is 13.1. The van der Waals surface area contributed by atoms with Crippen LogP contribution in [-0.4, -0.2) is 67.6 Å².